The van der Waals surface area contributed by atoms with Crippen molar-refractivity contribution in [1.82, 2.24) is 4.90 Å². The largest absolute Gasteiger partial charge is 0.534 e. The van der Waals surface area contributed by atoms with E-state index in [4.69, 9.17) is 9.47 Å². The Labute approximate surface area is 213 Å². The third-order valence-electron chi connectivity index (χ3n) is 5.81. The molecule has 8 nitrogen and oxygen atoms in total. The molecule has 3 rings (SSSR count). The topological polar surface area (TPSA) is 99.2 Å². The first-order valence-corrected chi connectivity index (χ1v) is 12.6. The molecule has 0 unspecified atom stereocenters. The minimum Gasteiger partial charge on any atom is -0.467 e. The fourth-order valence-corrected chi connectivity index (χ4v) is 4.69. The summed E-state index contributed by atoms with van der Waals surface area (Å²) < 4.78 is 79.4. The van der Waals surface area contributed by atoms with E-state index in [0.29, 0.717) is 5.56 Å². The average molecular weight is 544 g/mol. The predicted octanol–water partition coefficient (Wildman–Crippen LogP) is 4.72. The summed E-state index contributed by atoms with van der Waals surface area (Å²) >= 11 is 0. The zero-order chi connectivity index (χ0) is 27.9. The zero-order valence-corrected chi connectivity index (χ0v) is 22.0. The first-order chi connectivity index (χ1) is 17.0. The van der Waals surface area contributed by atoms with Gasteiger partial charge in [-0.3, -0.25) is 4.79 Å². The first-order valence-electron chi connectivity index (χ1n) is 11.2. The van der Waals surface area contributed by atoms with Crippen molar-refractivity contribution in [2.45, 2.75) is 64.9 Å². The summed E-state index contributed by atoms with van der Waals surface area (Å²) in [5.41, 5.74) is -5.77. The minimum absolute atomic E-state index is 0.00145. The SMILES string of the molecule is COC(=O)[C@@H](OC(C)(C)C)c1c(C)c2c(c(C)c1OS(=O)(=O)C(F)(F)F)CN(Cc1ccccc1)C2=O. The Bertz CT molecular complexity index is 1320. The number of hydrogen-bond donors (Lipinski definition) is 0. The van der Waals surface area contributed by atoms with Gasteiger partial charge < -0.3 is 18.6 Å². The number of rotatable bonds is 7. The number of hydrogen-bond acceptors (Lipinski definition) is 7. The van der Waals surface area contributed by atoms with Crippen molar-refractivity contribution < 1.29 is 44.8 Å². The Hall–Kier alpha value is -3.12. The number of ether oxygens (including phenoxy) is 2. The fourth-order valence-electron chi connectivity index (χ4n) is 4.16. The van der Waals surface area contributed by atoms with Crippen LogP contribution in [-0.2, 0) is 37.5 Å². The molecule has 0 radical (unpaired) electrons. The van der Waals surface area contributed by atoms with Crippen LogP contribution in [0.2, 0.25) is 0 Å². The van der Waals surface area contributed by atoms with Crippen LogP contribution in [0.25, 0.3) is 0 Å². The van der Waals surface area contributed by atoms with Crippen molar-refractivity contribution in [3.05, 3.63) is 63.7 Å². The van der Waals surface area contributed by atoms with E-state index in [-0.39, 0.29) is 35.3 Å². The molecule has 37 heavy (non-hydrogen) atoms. The van der Waals surface area contributed by atoms with E-state index in [1.165, 1.54) is 18.7 Å². The zero-order valence-electron chi connectivity index (χ0n) is 21.2. The molecule has 0 aromatic heterocycles. The van der Waals surface area contributed by atoms with Gasteiger partial charge in [0.25, 0.3) is 5.91 Å². The molecular formula is C25H28F3NO7S. The van der Waals surface area contributed by atoms with E-state index >= 15 is 0 Å². The molecule has 1 aliphatic heterocycles. The smallest absolute Gasteiger partial charge is 0.467 e. The molecule has 1 aliphatic rings. The molecule has 0 saturated heterocycles. The highest BCUT2D eigenvalue weighted by Gasteiger charge is 2.50. The highest BCUT2D eigenvalue weighted by molar-refractivity contribution is 7.88. The number of amides is 1. The number of alkyl halides is 3. The van der Waals surface area contributed by atoms with Crippen LogP contribution in [0.3, 0.4) is 0 Å². The van der Waals surface area contributed by atoms with Gasteiger partial charge in [-0.15, -0.1) is 0 Å². The second kappa shape index (κ2) is 9.97. The van der Waals surface area contributed by atoms with Crippen LogP contribution in [0.5, 0.6) is 5.75 Å². The third-order valence-corrected chi connectivity index (χ3v) is 6.76. The van der Waals surface area contributed by atoms with Crippen molar-refractivity contribution in [3.63, 3.8) is 0 Å². The molecule has 1 atom stereocenters. The summed E-state index contributed by atoms with van der Waals surface area (Å²) in [7, 11) is -5.07. The van der Waals surface area contributed by atoms with Crippen LogP contribution < -0.4 is 4.18 Å². The number of benzene rings is 2. The number of methoxy groups -OCH3 is 1. The molecule has 1 heterocycles. The minimum atomic E-state index is -6.12. The molecular weight excluding hydrogens is 515 g/mol. The third kappa shape index (κ3) is 5.74. The van der Waals surface area contributed by atoms with Gasteiger partial charge in [0.05, 0.1) is 12.7 Å². The highest BCUT2D eigenvalue weighted by Crippen LogP contribution is 2.45. The highest BCUT2D eigenvalue weighted by atomic mass is 32.2. The molecule has 2 aromatic carbocycles. The number of nitrogens with zero attached hydrogens (tertiary/aromatic N) is 1. The summed E-state index contributed by atoms with van der Waals surface area (Å²) in [6, 6.07) is 9.05. The Morgan fingerprint density at radius 1 is 1.08 bits per heavy atom. The van der Waals surface area contributed by atoms with Crippen LogP contribution in [0, 0.1) is 13.8 Å². The Morgan fingerprint density at radius 2 is 1.68 bits per heavy atom. The van der Waals surface area contributed by atoms with Crippen molar-refractivity contribution in [1.29, 1.82) is 0 Å². The van der Waals surface area contributed by atoms with Crippen LogP contribution in [0.15, 0.2) is 30.3 Å². The molecule has 12 heteroatoms. The van der Waals surface area contributed by atoms with Gasteiger partial charge in [0.15, 0.2) is 11.9 Å². The van der Waals surface area contributed by atoms with Gasteiger partial charge in [0.2, 0.25) is 0 Å². The van der Waals surface area contributed by atoms with Gasteiger partial charge in [0.1, 0.15) is 0 Å². The average Bonchev–Trinajstić information content (AvgIpc) is 3.11. The van der Waals surface area contributed by atoms with Gasteiger partial charge in [0, 0.05) is 24.2 Å². The lowest BCUT2D eigenvalue weighted by Crippen LogP contribution is -2.32. The van der Waals surface area contributed by atoms with E-state index < -0.39 is 45.0 Å². The van der Waals surface area contributed by atoms with Gasteiger partial charge in [-0.25, -0.2) is 4.79 Å². The normalized spacial score (nSPS) is 14.9. The summed E-state index contributed by atoms with van der Waals surface area (Å²) in [5.74, 6) is -2.15. The molecule has 0 N–H and O–H groups in total. The van der Waals surface area contributed by atoms with Gasteiger partial charge in [-0.1, -0.05) is 30.3 Å². The van der Waals surface area contributed by atoms with E-state index in [1.807, 2.05) is 18.2 Å². The molecule has 0 spiro atoms. The molecule has 202 valence electrons. The number of fused-ring (bicyclic) bond motifs is 1. The molecule has 1 amide bonds. The second-order valence-electron chi connectivity index (χ2n) is 9.61. The summed E-state index contributed by atoms with van der Waals surface area (Å²) in [6.45, 7) is 7.75. The predicted molar refractivity (Wildman–Crippen MR) is 127 cm³/mol. The Kier molecular flexibility index (Phi) is 7.67. The van der Waals surface area contributed by atoms with Crippen LogP contribution in [0.4, 0.5) is 13.2 Å². The van der Waals surface area contributed by atoms with Gasteiger partial charge in [-0.2, -0.15) is 21.6 Å². The first kappa shape index (κ1) is 28.5. The second-order valence-corrected chi connectivity index (χ2v) is 11.1. The standard InChI is InChI=1S/C25H28F3NO7S/c1-14-17-13-29(12-16-10-8-7-9-11-16)22(30)18(17)15(2)19(20(14)36-37(32,33)25(26,27)28)21(23(31)34-6)35-24(3,4)5/h7-11,21H,12-13H2,1-6H3/t21-/m0/s1. The summed E-state index contributed by atoms with van der Waals surface area (Å²) in [5, 5.41) is 0. The molecule has 0 saturated carbocycles. The van der Waals surface area contributed by atoms with Crippen molar-refractivity contribution in [2.75, 3.05) is 7.11 Å². The van der Waals surface area contributed by atoms with E-state index in [2.05, 4.69) is 4.18 Å². The van der Waals surface area contributed by atoms with E-state index in [1.54, 1.807) is 32.9 Å². The monoisotopic (exact) mass is 543 g/mol. The summed E-state index contributed by atoms with van der Waals surface area (Å²) in [4.78, 5) is 27.7. The molecule has 0 bridgehead atoms. The van der Waals surface area contributed by atoms with Crippen molar-refractivity contribution in [2.24, 2.45) is 0 Å². The van der Waals surface area contributed by atoms with Crippen LogP contribution in [0.1, 0.15) is 65.1 Å². The molecule has 0 aliphatic carbocycles. The Morgan fingerprint density at radius 3 is 2.19 bits per heavy atom. The lowest BCUT2D eigenvalue weighted by molar-refractivity contribution is -0.164. The Balaban J connectivity index is 2.27. The lowest BCUT2D eigenvalue weighted by Gasteiger charge is -2.29. The number of halogens is 3. The van der Waals surface area contributed by atoms with Crippen molar-refractivity contribution >= 4 is 22.0 Å². The van der Waals surface area contributed by atoms with Gasteiger partial charge >= 0.3 is 21.6 Å². The quantitative estimate of drug-likeness (QED) is 0.283. The van der Waals surface area contributed by atoms with Crippen molar-refractivity contribution in [3.8, 4) is 5.75 Å². The number of esters is 1. The van der Waals surface area contributed by atoms with Crippen LogP contribution in [-0.4, -0.2) is 43.4 Å². The lowest BCUT2D eigenvalue weighted by atomic mass is 9.90. The number of carbonyl (C=O) groups excluding carboxylic acids is 2. The van der Waals surface area contributed by atoms with Gasteiger partial charge in [-0.05, 0) is 56.9 Å². The maximum Gasteiger partial charge on any atom is 0.534 e. The molecule has 0 fully saturated rings. The fraction of sp³-hybridized carbons (Fsp3) is 0.440. The van der Waals surface area contributed by atoms with E-state index in [9.17, 15) is 31.2 Å². The maximum absolute atomic E-state index is 13.5. The molecule has 2 aromatic rings. The maximum atomic E-state index is 13.5. The number of carbonyl (C=O) groups is 2. The summed E-state index contributed by atoms with van der Waals surface area (Å²) in [6.07, 6.45) is -1.68. The van der Waals surface area contributed by atoms with E-state index in [0.717, 1.165) is 12.7 Å². The van der Waals surface area contributed by atoms with Crippen LogP contribution >= 0.6 is 0 Å².